The molecule has 1 aliphatic carbocycles. The molecule has 0 fully saturated rings. The first kappa shape index (κ1) is 53.5. The average molecular weight is 1200 g/mol. The highest BCUT2D eigenvalue weighted by Crippen LogP contribution is 2.57. The normalized spacial score (nSPS) is 16.1. The van der Waals surface area contributed by atoms with Crippen LogP contribution in [0.2, 0.25) is 0 Å². The monoisotopic (exact) mass is 1190 g/mol. The van der Waals surface area contributed by atoms with Gasteiger partial charge in [0.05, 0.1) is 0 Å². The average Bonchev–Trinajstić information content (AvgIpc) is 3.21. The quantitative estimate of drug-likeness (QED) is 0.119. The Hall–Kier alpha value is -5.44. The third-order valence-electron chi connectivity index (χ3n) is 10.6. The van der Waals surface area contributed by atoms with Crippen LogP contribution in [0.25, 0.3) is 0 Å². The van der Waals surface area contributed by atoms with Crippen molar-refractivity contribution in [1.29, 1.82) is 0 Å². The maximum Gasteiger partial charge on any atom is 0.308 e. The number of carbonyl (C=O) groups is 8. The molecule has 0 heterocycles. The van der Waals surface area contributed by atoms with Crippen molar-refractivity contribution in [3.63, 3.8) is 0 Å². The summed E-state index contributed by atoms with van der Waals surface area (Å²) in [5, 5.41) is 0. The molecule has 0 aliphatic heterocycles. The van der Waals surface area contributed by atoms with E-state index < -0.39 is 71.4 Å². The molecule has 0 amide bonds. The van der Waals surface area contributed by atoms with Crippen molar-refractivity contribution in [2.75, 3.05) is 0 Å². The molecule has 1 aliphatic rings. The molecule has 0 N–H and O–H groups in total. The van der Waals surface area contributed by atoms with Gasteiger partial charge in [0.1, 0.15) is 17.9 Å². The van der Waals surface area contributed by atoms with Gasteiger partial charge < -0.3 is 37.9 Å². The van der Waals surface area contributed by atoms with Crippen LogP contribution in [0.3, 0.4) is 0 Å². The Morgan fingerprint density at radius 3 is 0.471 bits per heavy atom. The molecule has 4 aromatic rings. The Morgan fingerprint density at radius 1 is 0.279 bits per heavy atom. The van der Waals surface area contributed by atoms with Gasteiger partial charge in [0.2, 0.25) is 0 Å². The predicted molar refractivity (Wildman–Crippen MR) is 257 cm³/mol. The number of hydrogen-bond donors (Lipinski definition) is 0. The topological polar surface area (TPSA) is 210 Å². The lowest BCUT2D eigenvalue weighted by Crippen LogP contribution is -2.17. The molecule has 0 atom stereocenters. The van der Waals surface area contributed by atoms with Crippen molar-refractivity contribution < 1.29 is 76.3 Å². The van der Waals surface area contributed by atoms with Gasteiger partial charge in [-0.25, -0.2) is 0 Å². The minimum Gasteiger partial charge on any atom is -0.425 e. The number of ether oxygens (including phenoxy) is 8. The summed E-state index contributed by atoms with van der Waals surface area (Å²) >= 11 is 14.3. The lowest BCUT2D eigenvalue weighted by atomic mass is 9.80. The molecule has 0 saturated carbocycles. The molecular weight excluding hydrogens is 1150 g/mol. The fraction of sp³-hybridized carbons (Fsp3) is 0.333. The molecule has 16 nitrogen and oxygen atoms in total. The molecule has 0 spiro atoms. The Kier molecular flexibility index (Phi) is 16.9. The van der Waals surface area contributed by atoms with Crippen LogP contribution >= 0.6 is 63.7 Å². The minimum absolute atomic E-state index is 0.0172. The highest BCUT2D eigenvalue weighted by molar-refractivity contribution is 9.11. The van der Waals surface area contributed by atoms with E-state index in [1.54, 1.807) is 52.0 Å². The molecule has 0 radical (unpaired) electrons. The highest BCUT2D eigenvalue weighted by Gasteiger charge is 2.37. The van der Waals surface area contributed by atoms with Crippen LogP contribution in [0.4, 0.5) is 0 Å². The Labute approximate surface area is 424 Å². The van der Waals surface area contributed by atoms with Crippen molar-refractivity contribution in [2.24, 2.45) is 0 Å². The zero-order chi connectivity index (χ0) is 51.0. The lowest BCUT2D eigenvalue weighted by molar-refractivity contribution is -0.133. The van der Waals surface area contributed by atoms with Gasteiger partial charge in [-0.2, -0.15) is 0 Å². The van der Waals surface area contributed by atoms with Crippen LogP contribution in [0, 0.1) is 0 Å². The van der Waals surface area contributed by atoms with Gasteiger partial charge in [-0.15, -0.1) is 0 Å². The van der Waals surface area contributed by atoms with Crippen LogP contribution < -0.4 is 37.9 Å². The zero-order valence-corrected chi connectivity index (χ0v) is 45.0. The maximum atomic E-state index is 12.9. The fourth-order valence-corrected chi connectivity index (χ4v) is 10.3. The highest BCUT2D eigenvalue weighted by atomic mass is 79.9. The fourth-order valence-electron chi connectivity index (χ4n) is 7.84. The van der Waals surface area contributed by atoms with E-state index in [1.165, 1.54) is 55.4 Å². The third-order valence-corrected chi connectivity index (χ3v) is 13.5. The molecule has 8 bridgehead atoms. The van der Waals surface area contributed by atoms with Crippen molar-refractivity contribution in [1.82, 2.24) is 0 Å². The van der Waals surface area contributed by atoms with Crippen molar-refractivity contribution in [3.8, 4) is 46.0 Å². The number of fused-ring (bicyclic) bond motifs is 8. The summed E-state index contributed by atoms with van der Waals surface area (Å²) in [7, 11) is 0. The Morgan fingerprint density at radius 2 is 0.382 bits per heavy atom. The molecule has 0 saturated heterocycles. The van der Waals surface area contributed by atoms with E-state index in [9.17, 15) is 38.4 Å². The smallest absolute Gasteiger partial charge is 0.308 e. The van der Waals surface area contributed by atoms with Gasteiger partial charge in [0, 0.05) is 124 Å². The van der Waals surface area contributed by atoms with Gasteiger partial charge in [-0.3, -0.25) is 38.4 Å². The summed E-state index contributed by atoms with van der Waals surface area (Å²) in [6, 6.07) is 6.46. The first-order chi connectivity index (χ1) is 31.7. The van der Waals surface area contributed by atoms with E-state index >= 15 is 0 Å². The van der Waals surface area contributed by atoms with Gasteiger partial charge in [-0.1, -0.05) is 27.7 Å². The lowest BCUT2D eigenvalue weighted by Gasteiger charge is -2.30. The molecular formula is C48H44Br4O16. The third kappa shape index (κ3) is 11.2. The standard InChI is InChI=1S/C48H44Br4O16/c1-17-29-13-31(43(63-23(7)55)37(49)41(29)61-21(5)53)18(2)33-15-35(47(67-27(11)59)39(51)45(33)65-25(9)57)20(4)36-16-34(46(66-26(10)58)40(52)48(36)68-28(12)60)19(3)32-14-30(17)42(62-22(6)54)38(50)44(32)64-24(8)56/h13-20H,1-12H3. The Bertz CT molecular complexity index is 2300. The summed E-state index contributed by atoms with van der Waals surface area (Å²) in [5.41, 5.74) is 2.15. The molecule has 68 heavy (non-hydrogen) atoms. The molecule has 360 valence electrons. The van der Waals surface area contributed by atoms with Crippen LogP contribution in [0.1, 0.15) is 151 Å². The second-order valence-corrected chi connectivity index (χ2v) is 18.9. The largest absolute Gasteiger partial charge is 0.425 e. The van der Waals surface area contributed by atoms with Crippen molar-refractivity contribution in [3.05, 3.63) is 86.7 Å². The maximum absolute atomic E-state index is 12.9. The molecule has 20 heteroatoms. The number of benzene rings is 4. The van der Waals surface area contributed by atoms with Crippen LogP contribution in [0.5, 0.6) is 46.0 Å². The minimum atomic E-state index is -0.933. The van der Waals surface area contributed by atoms with Gasteiger partial charge in [0.15, 0.2) is 46.0 Å². The Balaban J connectivity index is 2.20. The van der Waals surface area contributed by atoms with E-state index in [1.807, 2.05) is 0 Å². The van der Waals surface area contributed by atoms with E-state index in [4.69, 9.17) is 37.9 Å². The number of carbonyl (C=O) groups excluding carboxylic acids is 8. The van der Waals surface area contributed by atoms with Gasteiger partial charge in [0.25, 0.3) is 0 Å². The summed E-state index contributed by atoms with van der Waals surface area (Å²) in [6.45, 7) is 16.2. The second-order valence-electron chi connectivity index (χ2n) is 15.7. The molecule has 0 aromatic heterocycles. The first-order valence-corrected chi connectivity index (χ1v) is 23.8. The number of rotatable bonds is 8. The van der Waals surface area contributed by atoms with E-state index in [0.717, 1.165) is 0 Å². The number of esters is 8. The summed E-state index contributed by atoms with van der Waals surface area (Å²) < 4.78 is 47.0. The summed E-state index contributed by atoms with van der Waals surface area (Å²) in [6.07, 6.45) is 0. The summed E-state index contributed by atoms with van der Waals surface area (Å²) in [4.78, 5) is 103. The van der Waals surface area contributed by atoms with Crippen molar-refractivity contribution in [2.45, 2.75) is 107 Å². The predicted octanol–water partition coefficient (Wildman–Crippen LogP) is 11.1. The van der Waals surface area contributed by atoms with Gasteiger partial charge >= 0.3 is 47.8 Å². The van der Waals surface area contributed by atoms with Crippen LogP contribution in [0.15, 0.2) is 42.2 Å². The van der Waals surface area contributed by atoms with Crippen LogP contribution in [-0.4, -0.2) is 47.8 Å². The zero-order valence-electron chi connectivity index (χ0n) is 38.7. The van der Waals surface area contributed by atoms with Crippen molar-refractivity contribution >= 4 is 111 Å². The molecule has 4 aromatic carbocycles. The second kappa shape index (κ2) is 21.5. The SMILES string of the molecule is CC(=O)Oc1c2cc(c(OC(C)=O)c1Br)C(C)c1cc(c(OC(C)=O)c(Br)c1OC(C)=O)C(C)c1cc(c(OC(C)=O)c(Br)c1OC(C)=O)C(C)c1cc(c(OC(C)=O)c(Br)c1OC(C)=O)C2C. The molecule has 0 unspecified atom stereocenters. The molecule has 5 rings (SSSR count). The van der Waals surface area contributed by atoms with E-state index in [-0.39, 0.29) is 108 Å². The van der Waals surface area contributed by atoms with E-state index in [2.05, 4.69) is 63.7 Å². The first-order valence-electron chi connectivity index (χ1n) is 20.6. The summed E-state index contributed by atoms with van der Waals surface area (Å²) in [5.74, 6) is -10.5. The number of hydrogen-bond acceptors (Lipinski definition) is 16. The van der Waals surface area contributed by atoms with E-state index in [0.29, 0.717) is 0 Å². The van der Waals surface area contributed by atoms with Gasteiger partial charge in [-0.05, 0) is 88.0 Å². The van der Waals surface area contributed by atoms with Crippen LogP contribution in [-0.2, 0) is 38.4 Å². The number of halogens is 4.